The molecule has 0 aromatic heterocycles. The lowest BCUT2D eigenvalue weighted by molar-refractivity contribution is 0.112. The first-order valence-electron chi connectivity index (χ1n) is 3.88. The fraction of sp³-hybridized carbons (Fsp3) is 0.200. The van der Waals surface area contributed by atoms with E-state index in [1.165, 1.54) is 0 Å². The van der Waals surface area contributed by atoms with Crippen LogP contribution in [0, 0.1) is 11.3 Å². The predicted octanol–water partition coefficient (Wildman–Crippen LogP) is 1.79. The normalized spacial score (nSPS) is 11.4. The van der Waals surface area contributed by atoms with E-state index in [9.17, 15) is 4.79 Å². The Balaban J connectivity index is 2.70. The van der Waals surface area contributed by atoms with Crippen molar-refractivity contribution in [1.82, 2.24) is 0 Å². The zero-order chi connectivity index (χ0) is 9.68. The van der Waals surface area contributed by atoms with Crippen LogP contribution in [0.1, 0.15) is 17.3 Å². The van der Waals surface area contributed by atoms with Gasteiger partial charge in [0.15, 0.2) is 6.10 Å². The molecule has 3 heteroatoms. The molecule has 3 nitrogen and oxygen atoms in total. The first-order valence-corrected chi connectivity index (χ1v) is 3.88. The van der Waals surface area contributed by atoms with Crippen molar-refractivity contribution in [3.63, 3.8) is 0 Å². The Kier molecular flexibility index (Phi) is 3.04. The summed E-state index contributed by atoms with van der Waals surface area (Å²) in [6.07, 6.45) is 0.291. The average molecular weight is 175 g/mol. The van der Waals surface area contributed by atoms with Crippen molar-refractivity contribution >= 4 is 6.29 Å². The number of hydrogen-bond acceptors (Lipinski definition) is 3. The molecule has 1 aromatic rings. The number of nitrogens with zero attached hydrogens (tertiary/aromatic N) is 1. The van der Waals surface area contributed by atoms with Gasteiger partial charge < -0.3 is 4.74 Å². The molecular formula is C10H9NO2. The van der Waals surface area contributed by atoms with Gasteiger partial charge in [-0.1, -0.05) is 0 Å². The van der Waals surface area contributed by atoms with Gasteiger partial charge >= 0.3 is 0 Å². The number of rotatable bonds is 3. The molecule has 1 aromatic carbocycles. The lowest BCUT2D eigenvalue weighted by Gasteiger charge is -2.06. The van der Waals surface area contributed by atoms with Gasteiger partial charge in [-0.2, -0.15) is 5.26 Å². The number of carbonyl (C=O) groups is 1. The molecule has 0 aliphatic carbocycles. The number of aldehydes is 1. The highest BCUT2D eigenvalue weighted by Crippen LogP contribution is 2.12. The Morgan fingerprint density at radius 2 is 2.08 bits per heavy atom. The number of carbonyl (C=O) groups excluding carboxylic acids is 1. The Labute approximate surface area is 76.6 Å². The summed E-state index contributed by atoms with van der Waals surface area (Å²) in [4.78, 5) is 10.3. The van der Waals surface area contributed by atoms with Crippen molar-refractivity contribution in [3.8, 4) is 11.8 Å². The molecule has 0 saturated heterocycles. The molecule has 0 spiro atoms. The van der Waals surface area contributed by atoms with Crippen LogP contribution in [0.25, 0.3) is 0 Å². The van der Waals surface area contributed by atoms with Crippen LogP contribution in [0.15, 0.2) is 24.3 Å². The third-order valence-corrected chi connectivity index (χ3v) is 1.51. The Morgan fingerprint density at radius 3 is 2.54 bits per heavy atom. The molecule has 0 saturated carbocycles. The van der Waals surface area contributed by atoms with E-state index in [-0.39, 0.29) is 0 Å². The van der Waals surface area contributed by atoms with Crippen LogP contribution >= 0.6 is 0 Å². The van der Waals surface area contributed by atoms with E-state index < -0.39 is 6.10 Å². The molecule has 0 bridgehead atoms. The van der Waals surface area contributed by atoms with Crippen molar-refractivity contribution in [2.45, 2.75) is 13.0 Å². The molecular weight excluding hydrogens is 166 g/mol. The summed E-state index contributed by atoms with van der Waals surface area (Å²) < 4.78 is 5.19. The second kappa shape index (κ2) is 4.27. The largest absolute Gasteiger partial charge is 0.476 e. The monoisotopic (exact) mass is 175 g/mol. The zero-order valence-corrected chi connectivity index (χ0v) is 7.23. The van der Waals surface area contributed by atoms with Gasteiger partial charge in [0, 0.05) is 5.56 Å². The molecule has 1 rings (SSSR count). The van der Waals surface area contributed by atoms with Crippen LogP contribution in [0.3, 0.4) is 0 Å². The maximum atomic E-state index is 10.3. The summed E-state index contributed by atoms with van der Waals surface area (Å²) in [5.41, 5.74) is 0.594. The van der Waals surface area contributed by atoms with Crippen molar-refractivity contribution < 1.29 is 9.53 Å². The Morgan fingerprint density at radius 1 is 1.46 bits per heavy atom. The van der Waals surface area contributed by atoms with Gasteiger partial charge in [-0.15, -0.1) is 0 Å². The van der Waals surface area contributed by atoms with Gasteiger partial charge in [0.25, 0.3) is 0 Å². The van der Waals surface area contributed by atoms with Gasteiger partial charge in [0.05, 0.1) is 0 Å². The summed E-state index contributed by atoms with van der Waals surface area (Å²) in [5, 5.41) is 8.47. The fourth-order valence-corrected chi connectivity index (χ4v) is 0.855. The topological polar surface area (TPSA) is 50.1 Å². The maximum absolute atomic E-state index is 10.3. The van der Waals surface area contributed by atoms with Crippen LogP contribution in [-0.4, -0.2) is 12.4 Å². The van der Waals surface area contributed by atoms with E-state index in [4.69, 9.17) is 10.00 Å². The molecule has 1 unspecified atom stereocenters. The SMILES string of the molecule is CC(C#N)Oc1ccc(C=O)cc1. The fourth-order valence-electron chi connectivity index (χ4n) is 0.855. The lowest BCUT2D eigenvalue weighted by atomic mass is 10.2. The molecule has 0 radical (unpaired) electrons. The van der Waals surface area contributed by atoms with Crippen LogP contribution in [0.5, 0.6) is 5.75 Å². The smallest absolute Gasteiger partial charge is 0.181 e. The van der Waals surface area contributed by atoms with Crippen LogP contribution in [0.2, 0.25) is 0 Å². The Bertz CT molecular complexity index is 324. The second-order valence-electron chi connectivity index (χ2n) is 2.58. The van der Waals surface area contributed by atoms with Crippen molar-refractivity contribution in [3.05, 3.63) is 29.8 Å². The molecule has 0 aliphatic heterocycles. The molecule has 0 fully saturated rings. The van der Waals surface area contributed by atoms with E-state index in [1.54, 1.807) is 31.2 Å². The molecule has 0 heterocycles. The first-order chi connectivity index (χ1) is 6.26. The standard InChI is InChI=1S/C10H9NO2/c1-8(6-11)13-10-4-2-9(7-12)3-5-10/h2-5,7-8H,1H3. The highest BCUT2D eigenvalue weighted by atomic mass is 16.5. The minimum atomic E-state index is -0.470. The number of benzene rings is 1. The van der Waals surface area contributed by atoms with Crippen molar-refractivity contribution in [2.75, 3.05) is 0 Å². The van der Waals surface area contributed by atoms with Gasteiger partial charge in [0.1, 0.15) is 18.1 Å². The van der Waals surface area contributed by atoms with Crippen LogP contribution in [0.4, 0.5) is 0 Å². The van der Waals surface area contributed by atoms with Crippen molar-refractivity contribution in [2.24, 2.45) is 0 Å². The third kappa shape index (κ3) is 2.60. The van der Waals surface area contributed by atoms with E-state index in [0.717, 1.165) is 6.29 Å². The van der Waals surface area contributed by atoms with Crippen molar-refractivity contribution in [1.29, 1.82) is 5.26 Å². The quantitative estimate of drug-likeness (QED) is 0.658. The summed E-state index contributed by atoms with van der Waals surface area (Å²) in [5.74, 6) is 0.597. The van der Waals surface area contributed by atoms with Gasteiger partial charge in [-0.3, -0.25) is 4.79 Å². The molecule has 0 N–H and O–H groups in total. The lowest BCUT2D eigenvalue weighted by Crippen LogP contribution is -2.07. The first kappa shape index (κ1) is 9.27. The van der Waals surface area contributed by atoms with E-state index in [0.29, 0.717) is 11.3 Å². The molecule has 1 atom stereocenters. The van der Waals surface area contributed by atoms with Crippen LogP contribution < -0.4 is 4.74 Å². The summed E-state index contributed by atoms with van der Waals surface area (Å²) >= 11 is 0. The number of hydrogen-bond donors (Lipinski definition) is 0. The molecule has 0 aliphatic rings. The van der Waals surface area contributed by atoms with E-state index in [1.807, 2.05) is 6.07 Å². The van der Waals surface area contributed by atoms with Gasteiger partial charge in [-0.05, 0) is 31.2 Å². The molecule has 13 heavy (non-hydrogen) atoms. The summed E-state index contributed by atoms with van der Waals surface area (Å²) in [7, 11) is 0. The summed E-state index contributed by atoms with van der Waals surface area (Å²) in [6.45, 7) is 1.66. The van der Waals surface area contributed by atoms with E-state index >= 15 is 0 Å². The summed E-state index contributed by atoms with van der Waals surface area (Å²) in [6, 6.07) is 8.57. The van der Waals surface area contributed by atoms with Gasteiger partial charge in [0.2, 0.25) is 0 Å². The van der Waals surface area contributed by atoms with Crippen LogP contribution in [-0.2, 0) is 0 Å². The minimum Gasteiger partial charge on any atom is -0.476 e. The average Bonchev–Trinajstić information content (AvgIpc) is 2.19. The Hall–Kier alpha value is -1.82. The minimum absolute atomic E-state index is 0.470. The number of ether oxygens (including phenoxy) is 1. The molecule has 0 amide bonds. The third-order valence-electron chi connectivity index (χ3n) is 1.51. The second-order valence-corrected chi connectivity index (χ2v) is 2.58. The van der Waals surface area contributed by atoms with Gasteiger partial charge in [-0.25, -0.2) is 0 Å². The highest BCUT2D eigenvalue weighted by Gasteiger charge is 2.00. The highest BCUT2D eigenvalue weighted by molar-refractivity contribution is 5.74. The molecule has 66 valence electrons. The zero-order valence-electron chi connectivity index (χ0n) is 7.23. The number of nitriles is 1. The maximum Gasteiger partial charge on any atom is 0.181 e. The van der Waals surface area contributed by atoms with E-state index in [2.05, 4.69) is 0 Å². The predicted molar refractivity (Wildman–Crippen MR) is 47.5 cm³/mol.